The van der Waals surface area contributed by atoms with Gasteiger partial charge >= 0.3 is 0 Å². The molecule has 1 heterocycles. The van der Waals surface area contributed by atoms with Crippen LogP contribution in [-0.4, -0.2) is 11.9 Å². The number of nitrogens with two attached hydrogens (primary N) is 2. The quantitative estimate of drug-likeness (QED) is 0.892. The molecular weight excluding hydrogens is 276 g/mol. The lowest BCUT2D eigenvalue weighted by Gasteiger charge is -2.26. The zero-order valence-corrected chi connectivity index (χ0v) is 11.8. The second-order valence-corrected chi connectivity index (χ2v) is 5.90. The van der Waals surface area contributed by atoms with E-state index in [1.54, 1.807) is 12.1 Å². The van der Waals surface area contributed by atoms with Crippen molar-refractivity contribution in [2.24, 2.45) is 11.5 Å². The topological polar surface area (TPSA) is 82.2 Å². The van der Waals surface area contributed by atoms with Crippen molar-refractivity contribution in [2.75, 3.05) is 0 Å². The molecule has 0 aliphatic heterocycles. The Kier molecular flexibility index (Phi) is 3.44. The first-order chi connectivity index (χ1) is 9.56. The molecule has 0 radical (unpaired) electrons. The van der Waals surface area contributed by atoms with Crippen LogP contribution in [-0.2, 0) is 0 Å². The van der Waals surface area contributed by atoms with E-state index < -0.39 is 5.91 Å². The molecule has 1 fully saturated rings. The van der Waals surface area contributed by atoms with E-state index in [2.05, 4.69) is 0 Å². The number of carbonyl (C=O) groups excluding carboxylic acids is 1. The highest BCUT2D eigenvalue weighted by atomic mass is 35.5. The first-order valence-electron chi connectivity index (χ1n) is 6.83. The Morgan fingerprint density at radius 3 is 2.60 bits per heavy atom. The average molecular weight is 293 g/mol. The van der Waals surface area contributed by atoms with Gasteiger partial charge in [-0.15, -0.1) is 0 Å². The van der Waals surface area contributed by atoms with Crippen LogP contribution in [0.15, 0.2) is 22.6 Å². The first kappa shape index (κ1) is 13.5. The van der Waals surface area contributed by atoms with Gasteiger partial charge in [-0.3, -0.25) is 4.79 Å². The van der Waals surface area contributed by atoms with E-state index >= 15 is 0 Å². The Morgan fingerprint density at radius 1 is 1.25 bits per heavy atom. The van der Waals surface area contributed by atoms with Crippen LogP contribution in [0.2, 0.25) is 5.02 Å². The molecular formula is C15H17ClN2O2. The number of rotatable bonds is 2. The van der Waals surface area contributed by atoms with Crippen molar-refractivity contribution in [1.29, 1.82) is 0 Å². The second kappa shape index (κ2) is 5.11. The number of amides is 1. The third kappa shape index (κ3) is 2.30. The molecule has 1 amide bonds. The van der Waals surface area contributed by atoms with Gasteiger partial charge in [-0.25, -0.2) is 0 Å². The van der Waals surface area contributed by atoms with Gasteiger partial charge in [0.25, 0.3) is 5.91 Å². The molecule has 2 aromatic rings. The SMILES string of the molecule is NC(=O)c1oc2ccc(Cl)cc2c1C1CCC(N)CC1. The summed E-state index contributed by atoms with van der Waals surface area (Å²) >= 11 is 6.06. The number of primary amides is 1. The largest absolute Gasteiger partial charge is 0.451 e. The van der Waals surface area contributed by atoms with Crippen LogP contribution in [0.5, 0.6) is 0 Å². The van der Waals surface area contributed by atoms with Gasteiger partial charge in [0.2, 0.25) is 0 Å². The van der Waals surface area contributed by atoms with Gasteiger partial charge in [0.15, 0.2) is 5.76 Å². The minimum absolute atomic E-state index is 0.255. The van der Waals surface area contributed by atoms with E-state index in [1.807, 2.05) is 6.07 Å². The van der Waals surface area contributed by atoms with Crippen molar-refractivity contribution in [2.45, 2.75) is 37.6 Å². The van der Waals surface area contributed by atoms with Crippen LogP contribution in [0.4, 0.5) is 0 Å². The summed E-state index contributed by atoms with van der Waals surface area (Å²) < 4.78 is 5.63. The summed E-state index contributed by atoms with van der Waals surface area (Å²) in [5, 5.41) is 1.52. The molecule has 1 aromatic heterocycles. The van der Waals surface area contributed by atoms with Crippen molar-refractivity contribution >= 4 is 28.5 Å². The lowest BCUT2D eigenvalue weighted by molar-refractivity contribution is 0.0973. The minimum atomic E-state index is -0.526. The van der Waals surface area contributed by atoms with E-state index in [1.165, 1.54) is 0 Å². The van der Waals surface area contributed by atoms with Gasteiger partial charge in [0, 0.05) is 22.0 Å². The molecule has 5 heteroatoms. The molecule has 1 aromatic carbocycles. The summed E-state index contributed by atoms with van der Waals surface area (Å²) in [5.74, 6) is 0.00180. The lowest BCUT2D eigenvalue weighted by Crippen LogP contribution is -2.26. The van der Waals surface area contributed by atoms with Crippen LogP contribution in [0.25, 0.3) is 11.0 Å². The molecule has 0 unspecified atom stereocenters. The van der Waals surface area contributed by atoms with Crippen molar-refractivity contribution in [3.63, 3.8) is 0 Å². The third-order valence-electron chi connectivity index (χ3n) is 4.09. The summed E-state index contributed by atoms with van der Waals surface area (Å²) in [5.41, 5.74) is 13.0. The van der Waals surface area contributed by atoms with Gasteiger partial charge in [-0.2, -0.15) is 0 Å². The molecule has 1 saturated carbocycles. The molecule has 1 aliphatic carbocycles. The predicted octanol–water partition coefficient (Wildman–Crippen LogP) is 3.17. The predicted molar refractivity (Wildman–Crippen MR) is 78.9 cm³/mol. The maximum absolute atomic E-state index is 11.7. The van der Waals surface area contributed by atoms with Crippen molar-refractivity contribution < 1.29 is 9.21 Å². The Labute approximate surface area is 122 Å². The number of hydrogen-bond acceptors (Lipinski definition) is 3. The first-order valence-corrected chi connectivity index (χ1v) is 7.21. The fourth-order valence-electron chi connectivity index (χ4n) is 3.09. The van der Waals surface area contributed by atoms with E-state index in [-0.39, 0.29) is 17.7 Å². The van der Waals surface area contributed by atoms with E-state index in [0.717, 1.165) is 36.6 Å². The second-order valence-electron chi connectivity index (χ2n) is 5.46. The number of carbonyl (C=O) groups is 1. The fraction of sp³-hybridized carbons (Fsp3) is 0.400. The Hall–Kier alpha value is -1.52. The fourth-order valence-corrected chi connectivity index (χ4v) is 3.26. The van der Waals surface area contributed by atoms with Crippen LogP contribution in [0.3, 0.4) is 0 Å². The van der Waals surface area contributed by atoms with Gasteiger partial charge < -0.3 is 15.9 Å². The molecule has 3 rings (SSSR count). The molecule has 0 saturated heterocycles. The van der Waals surface area contributed by atoms with E-state index in [9.17, 15) is 4.79 Å². The summed E-state index contributed by atoms with van der Waals surface area (Å²) in [6, 6.07) is 5.63. The third-order valence-corrected chi connectivity index (χ3v) is 4.33. The van der Waals surface area contributed by atoms with Gasteiger partial charge in [-0.1, -0.05) is 11.6 Å². The molecule has 106 valence electrons. The van der Waals surface area contributed by atoms with E-state index in [0.29, 0.717) is 10.6 Å². The smallest absolute Gasteiger partial charge is 0.284 e. The van der Waals surface area contributed by atoms with Gasteiger partial charge in [0.1, 0.15) is 5.58 Å². The molecule has 0 spiro atoms. The summed E-state index contributed by atoms with van der Waals surface area (Å²) in [4.78, 5) is 11.7. The monoisotopic (exact) mass is 292 g/mol. The highest BCUT2D eigenvalue weighted by Gasteiger charge is 2.28. The van der Waals surface area contributed by atoms with Crippen molar-refractivity contribution in [1.82, 2.24) is 0 Å². The highest BCUT2D eigenvalue weighted by molar-refractivity contribution is 6.31. The Bertz CT molecular complexity index is 657. The Balaban J connectivity index is 2.13. The van der Waals surface area contributed by atoms with Crippen LogP contribution in [0, 0.1) is 0 Å². The number of halogens is 1. The highest BCUT2D eigenvalue weighted by Crippen LogP contribution is 2.40. The number of hydrogen-bond donors (Lipinski definition) is 2. The zero-order chi connectivity index (χ0) is 14.3. The maximum Gasteiger partial charge on any atom is 0.284 e. The Morgan fingerprint density at radius 2 is 1.95 bits per heavy atom. The van der Waals surface area contributed by atoms with E-state index in [4.69, 9.17) is 27.5 Å². The summed E-state index contributed by atoms with van der Waals surface area (Å²) in [7, 11) is 0. The van der Waals surface area contributed by atoms with Gasteiger partial charge in [0.05, 0.1) is 0 Å². The molecule has 0 atom stereocenters. The van der Waals surface area contributed by atoms with Crippen LogP contribution < -0.4 is 11.5 Å². The molecule has 4 nitrogen and oxygen atoms in total. The molecule has 1 aliphatic rings. The minimum Gasteiger partial charge on any atom is -0.451 e. The van der Waals surface area contributed by atoms with Crippen LogP contribution >= 0.6 is 11.6 Å². The molecule has 0 bridgehead atoms. The normalized spacial score (nSPS) is 23.1. The maximum atomic E-state index is 11.7. The van der Waals surface area contributed by atoms with Crippen molar-refractivity contribution in [3.8, 4) is 0 Å². The lowest BCUT2D eigenvalue weighted by atomic mass is 9.81. The number of furan rings is 1. The number of fused-ring (bicyclic) bond motifs is 1. The van der Waals surface area contributed by atoms with Gasteiger partial charge in [-0.05, 0) is 49.8 Å². The average Bonchev–Trinajstić information content (AvgIpc) is 2.78. The van der Waals surface area contributed by atoms with Crippen molar-refractivity contribution in [3.05, 3.63) is 34.5 Å². The number of benzene rings is 1. The molecule has 4 N–H and O–H groups in total. The molecule has 20 heavy (non-hydrogen) atoms. The summed E-state index contributed by atoms with van der Waals surface area (Å²) in [6.45, 7) is 0. The zero-order valence-electron chi connectivity index (χ0n) is 11.1. The summed E-state index contributed by atoms with van der Waals surface area (Å²) in [6.07, 6.45) is 3.80. The standard InChI is InChI=1S/C15H17ClN2O2/c16-9-3-6-12-11(7-9)13(14(20-12)15(18)19)8-1-4-10(17)5-2-8/h3,6-8,10H,1-2,4-5,17H2,(H2,18,19). The van der Waals surface area contributed by atoms with Crippen LogP contribution in [0.1, 0.15) is 47.7 Å².